The van der Waals surface area contributed by atoms with Gasteiger partial charge in [-0.1, -0.05) is 48.5 Å². The Morgan fingerprint density at radius 3 is 2.63 bits per heavy atom. The van der Waals surface area contributed by atoms with Crippen LogP contribution in [-0.2, 0) is 11.3 Å². The number of nitrogens with zero attached hydrogens (tertiary/aromatic N) is 1. The number of carbonyl (C=O) groups is 2. The third-order valence-electron chi connectivity index (χ3n) is 4.97. The van der Waals surface area contributed by atoms with E-state index in [0.717, 1.165) is 36.3 Å². The molecule has 0 aliphatic carbocycles. The second-order valence-corrected chi connectivity index (χ2v) is 6.89. The number of benzene rings is 2. The standard InChI is InChI=1S/C22H26N2O3/c1-27-20-12-6-5-10-18(20)14-23-21(25)16-24-13-7-11-19(15-24)22(26)17-8-3-2-4-9-17/h2-6,8-10,12,19H,7,11,13-16H2,1H3,(H,23,25). The summed E-state index contributed by atoms with van der Waals surface area (Å²) in [6, 6.07) is 17.1. The van der Waals surface area contributed by atoms with Gasteiger partial charge in [0.1, 0.15) is 5.75 Å². The van der Waals surface area contributed by atoms with Crippen LogP contribution in [0.25, 0.3) is 0 Å². The third kappa shape index (κ3) is 5.17. The summed E-state index contributed by atoms with van der Waals surface area (Å²) in [5.41, 5.74) is 1.70. The highest BCUT2D eigenvalue weighted by Gasteiger charge is 2.27. The number of carbonyl (C=O) groups excluding carboxylic acids is 2. The van der Waals surface area contributed by atoms with Crippen molar-refractivity contribution in [2.45, 2.75) is 19.4 Å². The lowest BCUT2D eigenvalue weighted by molar-refractivity contribution is -0.122. The number of rotatable bonds is 7. The fourth-order valence-electron chi connectivity index (χ4n) is 3.55. The van der Waals surface area contributed by atoms with Gasteiger partial charge in [0.25, 0.3) is 0 Å². The van der Waals surface area contributed by atoms with Gasteiger partial charge >= 0.3 is 0 Å². The second kappa shape index (κ2) is 9.33. The van der Waals surface area contributed by atoms with Crippen LogP contribution in [0.2, 0.25) is 0 Å². The van der Waals surface area contributed by atoms with Crippen LogP contribution in [0.15, 0.2) is 54.6 Å². The van der Waals surface area contributed by atoms with E-state index in [1.54, 1.807) is 7.11 Å². The maximum Gasteiger partial charge on any atom is 0.234 e. The summed E-state index contributed by atoms with van der Waals surface area (Å²) in [5, 5.41) is 2.95. The smallest absolute Gasteiger partial charge is 0.234 e. The molecule has 3 rings (SSSR count). The van der Waals surface area contributed by atoms with Gasteiger partial charge in [-0.2, -0.15) is 0 Å². The first-order valence-electron chi connectivity index (χ1n) is 9.37. The molecule has 1 fully saturated rings. The maximum atomic E-state index is 12.7. The molecule has 1 aliphatic rings. The van der Waals surface area contributed by atoms with E-state index in [1.807, 2.05) is 54.6 Å². The SMILES string of the molecule is COc1ccccc1CNC(=O)CN1CCCC(C(=O)c2ccccc2)C1. The Labute approximate surface area is 160 Å². The van der Waals surface area contributed by atoms with Crippen LogP contribution in [0, 0.1) is 5.92 Å². The second-order valence-electron chi connectivity index (χ2n) is 6.89. The number of amides is 1. The molecule has 1 aliphatic heterocycles. The highest BCUT2D eigenvalue weighted by molar-refractivity contribution is 5.98. The molecule has 1 saturated heterocycles. The first-order chi connectivity index (χ1) is 13.2. The fourth-order valence-corrected chi connectivity index (χ4v) is 3.55. The number of piperidine rings is 1. The van der Waals surface area contributed by atoms with Crippen molar-refractivity contribution in [1.29, 1.82) is 0 Å². The lowest BCUT2D eigenvalue weighted by Crippen LogP contribution is -2.44. The largest absolute Gasteiger partial charge is 0.496 e. The highest BCUT2D eigenvalue weighted by Crippen LogP contribution is 2.21. The summed E-state index contributed by atoms with van der Waals surface area (Å²) in [6.45, 7) is 2.23. The number of ether oxygens (including phenoxy) is 1. The monoisotopic (exact) mass is 366 g/mol. The minimum Gasteiger partial charge on any atom is -0.496 e. The number of Topliss-reactive ketones (excluding diaryl/α,β-unsaturated/α-hetero) is 1. The fraction of sp³-hybridized carbons (Fsp3) is 0.364. The van der Waals surface area contributed by atoms with Crippen molar-refractivity contribution < 1.29 is 14.3 Å². The van der Waals surface area contributed by atoms with Crippen LogP contribution < -0.4 is 10.1 Å². The van der Waals surface area contributed by atoms with Crippen molar-refractivity contribution in [3.8, 4) is 5.75 Å². The van der Waals surface area contributed by atoms with Gasteiger partial charge in [0.15, 0.2) is 5.78 Å². The summed E-state index contributed by atoms with van der Waals surface area (Å²) < 4.78 is 5.31. The van der Waals surface area contributed by atoms with Crippen LogP contribution in [-0.4, -0.2) is 43.3 Å². The quantitative estimate of drug-likeness (QED) is 0.766. The average Bonchev–Trinajstić information content (AvgIpc) is 2.72. The van der Waals surface area contributed by atoms with Gasteiger partial charge in [-0.15, -0.1) is 0 Å². The van der Waals surface area contributed by atoms with E-state index in [9.17, 15) is 9.59 Å². The molecule has 0 bridgehead atoms. The summed E-state index contributed by atoms with van der Waals surface area (Å²) in [4.78, 5) is 27.1. The molecular formula is C22H26N2O3. The van der Waals surface area contributed by atoms with Crippen molar-refractivity contribution in [2.24, 2.45) is 5.92 Å². The van der Waals surface area contributed by atoms with Gasteiger partial charge < -0.3 is 10.1 Å². The Morgan fingerprint density at radius 2 is 1.85 bits per heavy atom. The molecule has 0 radical (unpaired) electrons. The summed E-state index contributed by atoms with van der Waals surface area (Å²) in [6.07, 6.45) is 1.82. The van der Waals surface area contributed by atoms with Crippen LogP contribution in [0.5, 0.6) is 5.75 Å². The van der Waals surface area contributed by atoms with Crippen LogP contribution in [0.4, 0.5) is 0 Å². The molecule has 0 aromatic heterocycles. The van der Waals surface area contributed by atoms with Crippen molar-refractivity contribution in [3.05, 3.63) is 65.7 Å². The van der Waals surface area contributed by atoms with Crippen molar-refractivity contribution in [1.82, 2.24) is 10.2 Å². The maximum absolute atomic E-state index is 12.7. The number of hydrogen-bond donors (Lipinski definition) is 1. The molecule has 1 N–H and O–H groups in total. The molecule has 27 heavy (non-hydrogen) atoms. The number of methoxy groups -OCH3 is 1. The van der Waals surface area contributed by atoms with E-state index in [4.69, 9.17) is 4.74 Å². The van der Waals surface area contributed by atoms with Crippen LogP contribution in [0.1, 0.15) is 28.8 Å². The molecule has 1 atom stereocenters. The van der Waals surface area contributed by atoms with Crippen molar-refractivity contribution >= 4 is 11.7 Å². The number of ketones is 1. The minimum atomic E-state index is -0.0387. The Morgan fingerprint density at radius 1 is 1.11 bits per heavy atom. The molecule has 1 amide bonds. The average molecular weight is 366 g/mol. The van der Waals surface area contributed by atoms with Crippen molar-refractivity contribution in [3.63, 3.8) is 0 Å². The minimum absolute atomic E-state index is 0.0336. The van der Waals surface area contributed by atoms with E-state index in [0.29, 0.717) is 19.6 Å². The Balaban J connectivity index is 1.51. The Hall–Kier alpha value is -2.66. The lowest BCUT2D eigenvalue weighted by Gasteiger charge is -2.31. The Bertz CT molecular complexity index is 776. The molecule has 1 unspecified atom stereocenters. The van der Waals surface area contributed by atoms with Crippen LogP contribution >= 0.6 is 0 Å². The Kier molecular flexibility index (Phi) is 6.60. The van der Waals surface area contributed by atoms with Gasteiger partial charge in [-0.05, 0) is 25.5 Å². The van der Waals surface area contributed by atoms with Gasteiger partial charge in [0.05, 0.1) is 13.7 Å². The molecule has 142 valence electrons. The first-order valence-corrected chi connectivity index (χ1v) is 9.37. The molecule has 0 spiro atoms. The molecule has 0 saturated carbocycles. The molecule has 2 aromatic rings. The van der Waals surface area contributed by atoms with E-state index in [-0.39, 0.29) is 17.6 Å². The number of likely N-dealkylation sites (tertiary alicyclic amines) is 1. The molecule has 5 nitrogen and oxygen atoms in total. The topological polar surface area (TPSA) is 58.6 Å². The molecule has 2 aromatic carbocycles. The predicted molar refractivity (Wildman–Crippen MR) is 105 cm³/mol. The van der Waals surface area contributed by atoms with E-state index in [2.05, 4.69) is 10.2 Å². The summed E-state index contributed by atoms with van der Waals surface area (Å²) in [7, 11) is 1.62. The molecular weight excluding hydrogens is 340 g/mol. The van der Waals surface area contributed by atoms with Gasteiger partial charge in [0, 0.05) is 30.1 Å². The normalized spacial score (nSPS) is 17.3. The van der Waals surface area contributed by atoms with Gasteiger partial charge in [-0.3, -0.25) is 14.5 Å². The lowest BCUT2D eigenvalue weighted by atomic mass is 9.90. The summed E-state index contributed by atoms with van der Waals surface area (Å²) >= 11 is 0. The first kappa shape index (κ1) is 19.1. The van der Waals surface area contributed by atoms with E-state index >= 15 is 0 Å². The van der Waals surface area contributed by atoms with Gasteiger partial charge in [-0.25, -0.2) is 0 Å². The predicted octanol–water partition coefficient (Wildman–Crippen LogP) is 2.91. The number of hydrogen-bond acceptors (Lipinski definition) is 4. The van der Waals surface area contributed by atoms with E-state index in [1.165, 1.54) is 0 Å². The zero-order valence-corrected chi connectivity index (χ0v) is 15.7. The van der Waals surface area contributed by atoms with Gasteiger partial charge in [0.2, 0.25) is 5.91 Å². The number of para-hydroxylation sites is 1. The van der Waals surface area contributed by atoms with Crippen LogP contribution in [0.3, 0.4) is 0 Å². The van der Waals surface area contributed by atoms with Crippen molar-refractivity contribution in [2.75, 3.05) is 26.7 Å². The number of nitrogens with one attached hydrogen (secondary N) is 1. The highest BCUT2D eigenvalue weighted by atomic mass is 16.5. The zero-order chi connectivity index (χ0) is 19.1. The zero-order valence-electron chi connectivity index (χ0n) is 15.7. The third-order valence-corrected chi connectivity index (χ3v) is 4.97. The summed E-state index contributed by atoms with van der Waals surface area (Å²) in [5.74, 6) is 0.871. The molecule has 5 heteroatoms. The molecule has 1 heterocycles. The van der Waals surface area contributed by atoms with E-state index < -0.39 is 0 Å².